The summed E-state index contributed by atoms with van der Waals surface area (Å²) in [5, 5.41) is 7.32. The Labute approximate surface area is 73.6 Å². The molecule has 2 heterocycles. The molecule has 0 amide bonds. The van der Waals surface area contributed by atoms with Crippen LogP contribution in [0.25, 0.3) is 11.0 Å². The van der Waals surface area contributed by atoms with E-state index in [1.165, 1.54) is 0 Å². The number of H-pyrrole nitrogens is 2. The zero-order chi connectivity index (χ0) is 9.42. The van der Waals surface area contributed by atoms with E-state index < -0.39 is 0 Å². The lowest BCUT2D eigenvalue weighted by Gasteiger charge is -2.10. The molecule has 2 aromatic heterocycles. The van der Waals surface area contributed by atoms with E-state index >= 15 is 0 Å². The van der Waals surface area contributed by atoms with Gasteiger partial charge in [0, 0.05) is 14.1 Å². The van der Waals surface area contributed by atoms with Gasteiger partial charge in [0.15, 0.2) is 0 Å². The van der Waals surface area contributed by atoms with E-state index in [2.05, 4.69) is 20.2 Å². The Morgan fingerprint density at radius 1 is 1.46 bits per heavy atom. The summed E-state index contributed by atoms with van der Waals surface area (Å²) in [6.45, 7) is 0. The van der Waals surface area contributed by atoms with E-state index in [0.717, 1.165) is 5.39 Å². The second-order valence-corrected chi connectivity index (χ2v) is 2.92. The monoisotopic (exact) mass is 179 g/mol. The third kappa shape index (κ3) is 1.16. The fourth-order valence-electron chi connectivity index (χ4n) is 1.18. The number of nitrogens with one attached hydrogen (secondary N) is 2. The van der Waals surface area contributed by atoms with Gasteiger partial charge in [0.05, 0.1) is 11.6 Å². The first kappa shape index (κ1) is 7.78. The number of anilines is 1. The quantitative estimate of drug-likeness (QED) is 0.630. The third-order valence-electron chi connectivity index (χ3n) is 1.74. The van der Waals surface area contributed by atoms with Crippen molar-refractivity contribution in [2.24, 2.45) is 0 Å². The fourth-order valence-corrected chi connectivity index (χ4v) is 1.18. The van der Waals surface area contributed by atoms with E-state index in [4.69, 9.17) is 0 Å². The average molecular weight is 179 g/mol. The molecule has 0 aromatic carbocycles. The van der Waals surface area contributed by atoms with Crippen molar-refractivity contribution in [1.82, 2.24) is 20.2 Å². The molecule has 0 saturated carbocycles. The maximum absolute atomic E-state index is 11.1. The minimum atomic E-state index is -0.375. The van der Waals surface area contributed by atoms with Gasteiger partial charge in [-0.2, -0.15) is 10.1 Å². The minimum Gasteiger partial charge on any atom is -0.362 e. The molecular weight excluding hydrogens is 170 g/mol. The SMILES string of the molecule is CN(C)c1nc(=O)[nH]c2[nH]ncc12. The Balaban J connectivity index is 2.85. The van der Waals surface area contributed by atoms with Crippen molar-refractivity contribution in [1.29, 1.82) is 0 Å². The Bertz CT molecular complexity index is 483. The van der Waals surface area contributed by atoms with Crippen LogP contribution in [0.3, 0.4) is 0 Å². The van der Waals surface area contributed by atoms with Gasteiger partial charge in [-0.25, -0.2) is 4.79 Å². The number of hydrogen-bond donors (Lipinski definition) is 2. The lowest BCUT2D eigenvalue weighted by Crippen LogP contribution is -2.18. The molecule has 0 aliphatic heterocycles. The molecule has 0 spiro atoms. The zero-order valence-corrected chi connectivity index (χ0v) is 7.33. The summed E-state index contributed by atoms with van der Waals surface area (Å²) < 4.78 is 0. The highest BCUT2D eigenvalue weighted by Gasteiger charge is 2.07. The Hall–Kier alpha value is -1.85. The van der Waals surface area contributed by atoms with Crippen LogP contribution < -0.4 is 10.6 Å². The molecule has 0 unspecified atom stereocenters. The molecule has 68 valence electrons. The van der Waals surface area contributed by atoms with Crippen molar-refractivity contribution in [3.8, 4) is 0 Å². The summed E-state index contributed by atoms with van der Waals surface area (Å²) in [6.07, 6.45) is 1.63. The number of fused-ring (bicyclic) bond motifs is 1. The maximum Gasteiger partial charge on any atom is 0.348 e. The maximum atomic E-state index is 11.1. The summed E-state index contributed by atoms with van der Waals surface area (Å²) in [5.41, 5.74) is 0.226. The Morgan fingerprint density at radius 3 is 2.92 bits per heavy atom. The van der Waals surface area contributed by atoms with Gasteiger partial charge in [-0.15, -0.1) is 0 Å². The van der Waals surface area contributed by atoms with E-state index in [-0.39, 0.29) is 5.69 Å². The molecule has 0 saturated heterocycles. The van der Waals surface area contributed by atoms with Crippen molar-refractivity contribution in [2.75, 3.05) is 19.0 Å². The summed E-state index contributed by atoms with van der Waals surface area (Å²) in [5.74, 6) is 0.618. The van der Waals surface area contributed by atoms with Crippen molar-refractivity contribution < 1.29 is 0 Å². The fraction of sp³-hybridized carbons (Fsp3) is 0.286. The summed E-state index contributed by atoms with van der Waals surface area (Å²) in [7, 11) is 3.66. The van der Waals surface area contributed by atoms with Crippen molar-refractivity contribution >= 4 is 16.9 Å². The molecule has 0 aliphatic rings. The third-order valence-corrected chi connectivity index (χ3v) is 1.74. The number of rotatable bonds is 1. The van der Waals surface area contributed by atoms with Crippen molar-refractivity contribution in [2.45, 2.75) is 0 Å². The normalized spacial score (nSPS) is 10.6. The second kappa shape index (κ2) is 2.58. The highest BCUT2D eigenvalue weighted by molar-refractivity contribution is 5.85. The van der Waals surface area contributed by atoms with Crippen LogP contribution >= 0.6 is 0 Å². The second-order valence-electron chi connectivity index (χ2n) is 2.92. The first-order valence-electron chi connectivity index (χ1n) is 3.79. The minimum absolute atomic E-state index is 0.375. The Morgan fingerprint density at radius 2 is 2.23 bits per heavy atom. The highest BCUT2D eigenvalue weighted by atomic mass is 16.1. The smallest absolute Gasteiger partial charge is 0.348 e. The van der Waals surface area contributed by atoms with Gasteiger partial charge in [-0.05, 0) is 0 Å². The lowest BCUT2D eigenvalue weighted by atomic mass is 10.4. The van der Waals surface area contributed by atoms with Crippen LogP contribution in [0.2, 0.25) is 0 Å². The summed E-state index contributed by atoms with van der Waals surface area (Å²) in [4.78, 5) is 19.2. The molecule has 0 aliphatic carbocycles. The molecule has 2 rings (SSSR count). The van der Waals surface area contributed by atoms with Crippen LogP contribution in [0.1, 0.15) is 0 Å². The molecule has 0 fully saturated rings. The number of nitrogens with zero attached hydrogens (tertiary/aromatic N) is 3. The predicted molar refractivity (Wildman–Crippen MR) is 48.8 cm³/mol. The average Bonchev–Trinajstić information content (AvgIpc) is 2.49. The van der Waals surface area contributed by atoms with E-state index in [9.17, 15) is 4.79 Å². The molecule has 0 bridgehead atoms. The molecular formula is C7H9N5O. The lowest BCUT2D eigenvalue weighted by molar-refractivity contribution is 1.01. The number of aromatic amines is 2. The van der Waals surface area contributed by atoms with E-state index in [1.54, 1.807) is 11.1 Å². The largest absolute Gasteiger partial charge is 0.362 e. The van der Waals surface area contributed by atoms with Gasteiger partial charge in [0.2, 0.25) is 0 Å². The van der Waals surface area contributed by atoms with E-state index in [0.29, 0.717) is 11.5 Å². The number of aromatic nitrogens is 4. The Kier molecular flexibility index (Phi) is 1.54. The number of hydrogen-bond acceptors (Lipinski definition) is 4. The van der Waals surface area contributed by atoms with Gasteiger partial charge < -0.3 is 4.90 Å². The highest BCUT2D eigenvalue weighted by Crippen LogP contribution is 2.16. The molecule has 2 aromatic rings. The van der Waals surface area contributed by atoms with Crippen LogP contribution in [0.5, 0.6) is 0 Å². The van der Waals surface area contributed by atoms with Crippen molar-refractivity contribution in [3.63, 3.8) is 0 Å². The molecule has 2 N–H and O–H groups in total. The standard InChI is InChI=1S/C7H9N5O/c1-12(2)6-4-3-8-11-5(4)9-7(13)10-6/h3H,1-2H3,(H2,8,9,10,11,13). The van der Waals surface area contributed by atoms with Crippen molar-refractivity contribution in [3.05, 3.63) is 16.7 Å². The molecule has 13 heavy (non-hydrogen) atoms. The van der Waals surface area contributed by atoms with Gasteiger partial charge in [0.1, 0.15) is 11.5 Å². The van der Waals surface area contributed by atoms with Gasteiger partial charge >= 0.3 is 5.69 Å². The summed E-state index contributed by atoms with van der Waals surface area (Å²) >= 11 is 0. The van der Waals surface area contributed by atoms with Gasteiger partial charge in [-0.3, -0.25) is 10.1 Å². The zero-order valence-electron chi connectivity index (χ0n) is 7.33. The van der Waals surface area contributed by atoms with Gasteiger partial charge in [-0.1, -0.05) is 0 Å². The molecule has 6 heteroatoms. The molecule has 0 atom stereocenters. The summed E-state index contributed by atoms with van der Waals surface area (Å²) in [6, 6.07) is 0. The van der Waals surface area contributed by atoms with E-state index in [1.807, 2.05) is 14.1 Å². The van der Waals surface area contributed by atoms with Crippen LogP contribution in [0, 0.1) is 0 Å². The van der Waals surface area contributed by atoms with Gasteiger partial charge in [0.25, 0.3) is 0 Å². The van der Waals surface area contributed by atoms with Crippen LogP contribution in [0.15, 0.2) is 11.0 Å². The first-order valence-corrected chi connectivity index (χ1v) is 3.79. The predicted octanol–water partition coefficient (Wildman–Crippen LogP) is -0.288. The van der Waals surface area contributed by atoms with Crippen LogP contribution in [-0.4, -0.2) is 34.3 Å². The van der Waals surface area contributed by atoms with Crippen LogP contribution in [-0.2, 0) is 0 Å². The first-order chi connectivity index (χ1) is 6.18. The topological polar surface area (TPSA) is 77.7 Å². The van der Waals surface area contributed by atoms with Crippen LogP contribution in [0.4, 0.5) is 5.82 Å². The molecule has 6 nitrogen and oxygen atoms in total. The molecule has 0 radical (unpaired) electrons.